The number of carbonyl (C=O) groups excluding carboxylic acids is 2. The number of likely N-dealkylation sites (tertiary alicyclic amines) is 1. The highest BCUT2D eigenvalue weighted by Gasteiger charge is 2.33. The Bertz CT molecular complexity index is 1150. The summed E-state index contributed by atoms with van der Waals surface area (Å²) in [7, 11) is 1.52. The standard InChI is InChI=1S/C26H25ClN2O5/c1-32-24-13-19(11-12-23(24)33-17-20-9-5-6-10-22(20)27)25(30)29-14-21(15-29)28-26(31)34-16-18-7-3-2-4-8-18/h2-13,21H,14-17H2,1H3,(H,28,31). The first-order valence-electron chi connectivity index (χ1n) is 10.8. The van der Waals surface area contributed by atoms with Crippen LogP contribution in [-0.4, -0.2) is 43.1 Å². The number of nitrogens with zero attached hydrogens (tertiary/aromatic N) is 1. The van der Waals surface area contributed by atoms with E-state index >= 15 is 0 Å². The van der Waals surface area contributed by atoms with E-state index in [1.165, 1.54) is 7.11 Å². The average Bonchev–Trinajstić information content (AvgIpc) is 2.84. The molecule has 0 bridgehead atoms. The fourth-order valence-corrected chi connectivity index (χ4v) is 3.73. The molecule has 0 spiro atoms. The number of amides is 2. The van der Waals surface area contributed by atoms with Crippen molar-refractivity contribution in [2.45, 2.75) is 19.3 Å². The van der Waals surface area contributed by atoms with Crippen molar-refractivity contribution in [2.75, 3.05) is 20.2 Å². The van der Waals surface area contributed by atoms with Gasteiger partial charge >= 0.3 is 6.09 Å². The van der Waals surface area contributed by atoms with Crippen LogP contribution in [0.5, 0.6) is 11.5 Å². The number of carbonyl (C=O) groups is 2. The molecule has 0 radical (unpaired) electrons. The third kappa shape index (κ3) is 5.80. The van der Waals surface area contributed by atoms with Crippen molar-refractivity contribution in [3.05, 3.63) is 94.5 Å². The van der Waals surface area contributed by atoms with E-state index in [0.717, 1.165) is 11.1 Å². The number of hydrogen-bond acceptors (Lipinski definition) is 5. The van der Waals surface area contributed by atoms with Crippen LogP contribution in [0.25, 0.3) is 0 Å². The SMILES string of the molecule is COc1cc(C(=O)N2CC(NC(=O)OCc3ccccc3)C2)ccc1OCc1ccccc1Cl. The van der Waals surface area contributed by atoms with Crippen LogP contribution in [0.2, 0.25) is 5.02 Å². The van der Waals surface area contributed by atoms with Gasteiger partial charge in [0, 0.05) is 29.2 Å². The molecule has 4 rings (SSSR count). The van der Waals surface area contributed by atoms with Gasteiger partial charge in [0.1, 0.15) is 13.2 Å². The van der Waals surface area contributed by atoms with Crippen molar-refractivity contribution >= 4 is 23.6 Å². The molecule has 1 aliphatic rings. The van der Waals surface area contributed by atoms with E-state index in [-0.39, 0.29) is 25.2 Å². The first-order valence-corrected chi connectivity index (χ1v) is 11.2. The third-order valence-corrected chi connectivity index (χ3v) is 5.82. The van der Waals surface area contributed by atoms with Crippen LogP contribution in [0.4, 0.5) is 4.79 Å². The number of hydrogen-bond donors (Lipinski definition) is 1. The lowest BCUT2D eigenvalue weighted by molar-refractivity contribution is 0.0545. The fourth-order valence-electron chi connectivity index (χ4n) is 3.54. The molecule has 3 aromatic carbocycles. The van der Waals surface area contributed by atoms with E-state index in [1.807, 2.05) is 48.5 Å². The van der Waals surface area contributed by atoms with Crippen LogP contribution < -0.4 is 14.8 Å². The number of nitrogens with one attached hydrogen (secondary N) is 1. The molecule has 8 heteroatoms. The Morgan fingerprint density at radius 2 is 1.71 bits per heavy atom. The van der Waals surface area contributed by atoms with E-state index in [4.69, 9.17) is 25.8 Å². The zero-order valence-electron chi connectivity index (χ0n) is 18.7. The van der Waals surface area contributed by atoms with E-state index in [1.54, 1.807) is 29.2 Å². The summed E-state index contributed by atoms with van der Waals surface area (Å²) < 4.78 is 16.5. The number of rotatable bonds is 8. The number of methoxy groups -OCH3 is 1. The summed E-state index contributed by atoms with van der Waals surface area (Å²) in [6.45, 7) is 1.30. The summed E-state index contributed by atoms with van der Waals surface area (Å²) in [6.07, 6.45) is -0.498. The summed E-state index contributed by atoms with van der Waals surface area (Å²) >= 11 is 6.18. The zero-order valence-corrected chi connectivity index (χ0v) is 19.5. The van der Waals surface area contributed by atoms with Gasteiger partial charge in [0.2, 0.25) is 0 Å². The molecule has 1 saturated heterocycles. The Kier molecular flexibility index (Phi) is 7.54. The smallest absolute Gasteiger partial charge is 0.407 e. The highest BCUT2D eigenvalue weighted by Crippen LogP contribution is 2.30. The Hall–Kier alpha value is -3.71. The number of benzene rings is 3. The van der Waals surface area contributed by atoms with Gasteiger partial charge in [0.05, 0.1) is 13.2 Å². The van der Waals surface area contributed by atoms with Gasteiger partial charge in [-0.3, -0.25) is 4.79 Å². The number of ether oxygens (including phenoxy) is 3. The summed E-state index contributed by atoms with van der Waals surface area (Å²) in [5, 5.41) is 3.40. The van der Waals surface area contributed by atoms with Crippen LogP contribution in [0.1, 0.15) is 21.5 Å². The van der Waals surface area contributed by atoms with Crippen molar-refractivity contribution < 1.29 is 23.8 Å². The van der Waals surface area contributed by atoms with Crippen LogP contribution >= 0.6 is 11.6 Å². The summed E-state index contributed by atoms with van der Waals surface area (Å²) in [5.74, 6) is 0.826. The molecular formula is C26H25ClN2O5. The van der Waals surface area contributed by atoms with Gasteiger partial charge in [0.25, 0.3) is 5.91 Å². The molecule has 0 atom stereocenters. The molecular weight excluding hydrogens is 456 g/mol. The second-order valence-corrected chi connectivity index (χ2v) is 8.27. The van der Waals surface area contributed by atoms with Crippen LogP contribution in [0, 0.1) is 0 Å². The lowest BCUT2D eigenvalue weighted by Gasteiger charge is -2.39. The second-order valence-electron chi connectivity index (χ2n) is 7.86. The molecule has 7 nitrogen and oxygen atoms in total. The van der Waals surface area contributed by atoms with Gasteiger partial charge < -0.3 is 24.4 Å². The van der Waals surface area contributed by atoms with Gasteiger partial charge in [0.15, 0.2) is 11.5 Å². The minimum Gasteiger partial charge on any atom is -0.493 e. The van der Waals surface area contributed by atoms with Gasteiger partial charge in [-0.15, -0.1) is 0 Å². The highest BCUT2D eigenvalue weighted by molar-refractivity contribution is 6.31. The Morgan fingerprint density at radius 3 is 2.44 bits per heavy atom. The maximum absolute atomic E-state index is 12.8. The molecule has 1 N–H and O–H groups in total. The Labute approximate surface area is 203 Å². The molecule has 3 aromatic rings. The van der Waals surface area contributed by atoms with Crippen molar-refractivity contribution in [1.82, 2.24) is 10.2 Å². The molecule has 0 unspecified atom stereocenters. The topological polar surface area (TPSA) is 77.1 Å². The summed E-state index contributed by atoms with van der Waals surface area (Å²) in [6, 6.07) is 21.8. The van der Waals surface area contributed by atoms with Gasteiger partial charge in [-0.05, 0) is 29.8 Å². The maximum atomic E-state index is 12.8. The predicted octanol–water partition coefficient (Wildman–Crippen LogP) is 4.68. The van der Waals surface area contributed by atoms with Crippen molar-refractivity contribution in [3.8, 4) is 11.5 Å². The van der Waals surface area contributed by atoms with Gasteiger partial charge in [-0.25, -0.2) is 4.79 Å². The average molecular weight is 481 g/mol. The summed E-state index contributed by atoms with van der Waals surface area (Å²) in [4.78, 5) is 26.5. The molecule has 34 heavy (non-hydrogen) atoms. The van der Waals surface area contributed by atoms with E-state index in [2.05, 4.69) is 5.32 Å². The Morgan fingerprint density at radius 1 is 0.971 bits per heavy atom. The van der Waals surface area contributed by atoms with Gasteiger partial charge in [-0.2, -0.15) is 0 Å². The first-order chi connectivity index (χ1) is 16.5. The monoisotopic (exact) mass is 480 g/mol. The Balaban J connectivity index is 1.27. The highest BCUT2D eigenvalue weighted by atomic mass is 35.5. The molecule has 176 valence electrons. The summed E-state index contributed by atoms with van der Waals surface area (Å²) in [5.41, 5.74) is 2.25. The minimum atomic E-state index is -0.498. The van der Waals surface area contributed by atoms with E-state index in [0.29, 0.717) is 35.2 Å². The quantitative estimate of drug-likeness (QED) is 0.506. The normalized spacial score (nSPS) is 13.1. The van der Waals surface area contributed by atoms with E-state index in [9.17, 15) is 9.59 Å². The molecule has 0 saturated carbocycles. The fraction of sp³-hybridized carbons (Fsp3) is 0.231. The van der Waals surface area contributed by atoms with Crippen molar-refractivity contribution in [3.63, 3.8) is 0 Å². The van der Waals surface area contributed by atoms with Gasteiger partial charge in [-0.1, -0.05) is 60.1 Å². The second kappa shape index (κ2) is 10.9. The number of alkyl carbamates (subject to hydrolysis) is 1. The largest absolute Gasteiger partial charge is 0.493 e. The van der Waals surface area contributed by atoms with Crippen LogP contribution in [0.15, 0.2) is 72.8 Å². The lowest BCUT2D eigenvalue weighted by atomic mass is 10.1. The van der Waals surface area contributed by atoms with E-state index < -0.39 is 6.09 Å². The van der Waals surface area contributed by atoms with Crippen LogP contribution in [0.3, 0.4) is 0 Å². The number of halogens is 1. The maximum Gasteiger partial charge on any atom is 0.407 e. The lowest BCUT2D eigenvalue weighted by Crippen LogP contribution is -2.61. The first kappa shape index (κ1) is 23.4. The van der Waals surface area contributed by atoms with Crippen molar-refractivity contribution in [2.24, 2.45) is 0 Å². The predicted molar refractivity (Wildman–Crippen MR) is 128 cm³/mol. The molecule has 2 amide bonds. The molecule has 1 aliphatic heterocycles. The van der Waals surface area contributed by atoms with Crippen LogP contribution in [-0.2, 0) is 18.0 Å². The minimum absolute atomic E-state index is 0.146. The molecule has 1 fully saturated rings. The third-order valence-electron chi connectivity index (χ3n) is 5.46. The zero-order chi connectivity index (χ0) is 23.9. The van der Waals surface area contributed by atoms with Crippen molar-refractivity contribution in [1.29, 1.82) is 0 Å². The molecule has 1 heterocycles. The molecule has 0 aromatic heterocycles. The molecule has 0 aliphatic carbocycles.